The molecule has 7 nitrogen and oxygen atoms in total. The van der Waals surface area contributed by atoms with E-state index in [1.807, 2.05) is 19.1 Å². The molecule has 3 N–H and O–H groups in total. The first-order valence-electron chi connectivity index (χ1n) is 9.04. The summed E-state index contributed by atoms with van der Waals surface area (Å²) in [5.41, 5.74) is 1.88. The van der Waals surface area contributed by atoms with Gasteiger partial charge in [-0.3, -0.25) is 14.4 Å². The van der Waals surface area contributed by atoms with Crippen molar-refractivity contribution in [2.75, 3.05) is 18.5 Å². The van der Waals surface area contributed by atoms with Crippen LogP contribution in [0.1, 0.15) is 44.6 Å². The first-order chi connectivity index (χ1) is 12.5. The second-order valence-corrected chi connectivity index (χ2v) is 6.45. The van der Waals surface area contributed by atoms with Crippen LogP contribution >= 0.6 is 0 Å². The van der Waals surface area contributed by atoms with Crippen molar-refractivity contribution in [3.63, 3.8) is 0 Å². The van der Waals surface area contributed by atoms with Gasteiger partial charge in [0.2, 0.25) is 11.8 Å². The molecule has 0 saturated heterocycles. The molecule has 26 heavy (non-hydrogen) atoms. The van der Waals surface area contributed by atoms with Crippen molar-refractivity contribution in [2.24, 2.45) is 5.92 Å². The topological polar surface area (TPSA) is 105 Å². The van der Waals surface area contributed by atoms with E-state index in [0.717, 1.165) is 17.7 Å². The number of carboxylic acids is 1. The fourth-order valence-corrected chi connectivity index (χ4v) is 2.86. The summed E-state index contributed by atoms with van der Waals surface area (Å²) in [5.74, 6) is -0.824. The minimum Gasteiger partial charge on any atom is -0.494 e. The van der Waals surface area contributed by atoms with Crippen LogP contribution in [0.25, 0.3) is 0 Å². The van der Waals surface area contributed by atoms with Crippen LogP contribution in [-0.4, -0.2) is 36.0 Å². The normalized spacial score (nSPS) is 14.1. The molecule has 142 valence electrons. The maximum absolute atomic E-state index is 11.8. The summed E-state index contributed by atoms with van der Waals surface area (Å²) in [7, 11) is 0. The molecule has 1 aliphatic rings. The van der Waals surface area contributed by atoms with E-state index in [4.69, 9.17) is 9.84 Å². The molecule has 1 unspecified atom stereocenters. The van der Waals surface area contributed by atoms with Crippen molar-refractivity contribution in [3.8, 4) is 5.75 Å². The Hall–Kier alpha value is -2.57. The number of nitrogens with one attached hydrogen (secondary N) is 2. The molecular formula is C19H26N2O5. The monoisotopic (exact) mass is 362 g/mol. The SMILES string of the molecule is CCCC(CNC(=O)CCCOc1ccc2c(c1)CCC(=O)N2)C(=O)O. The van der Waals surface area contributed by atoms with Gasteiger partial charge in [0.25, 0.3) is 0 Å². The van der Waals surface area contributed by atoms with Crippen LogP contribution < -0.4 is 15.4 Å². The number of fused-ring (bicyclic) bond motifs is 1. The molecule has 1 atom stereocenters. The Morgan fingerprint density at radius 3 is 2.88 bits per heavy atom. The minimum absolute atomic E-state index is 0.0289. The molecule has 0 bridgehead atoms. The second kappa shape index (κ2) is 9.79. The van der Waals surface area contributed by atoms with E-state index in [0.29, 0.717) is 44.5 Å². The van der Waals surface area contributed by atoms with Crippen LogP contribution in [-0.2, 0) is 20.8 Å². The van der Waals surface area contributed by atoms with E-state index in [1.165, 1.54) is 0 Å². The molecule has 0 spiro atoms. The largest absolute Gasteiger partial charge is 0.494 e. The van der Waals surface area contributed by atoms with Crippen LogP contribution in [0.5, 0.6) is 5.75 Å². The predicted molar refractivity (Wildman–Crippen MR) is 97.2 cm³/mol. The molecule has 2 rings (SSSR count). The van der Waals surface area contributed by atoms with Crippen LogP contribution in [0.4, 0.5) is 5.69 Å². The van der Waals surface area contributed by atoms with Crippen LogP contribution in [0, 0.1) is 5.92 Å². The highest BCUT2D eigenvalue weighted by molar-refractivity contribution is 5.94. The zero-order chi connectivity index (χ0) is 18.9. The number of carbonyl (C=O) groups is 3. The summed E-state index contributed by atoms with van der Waals surface area (Å²) < 4.78 is 5.66. The first-order valence-corrected chi connectivity index (χ1v) is 9.04. The van der Waals surface area contributed by atoms with E-state index >= 15 is 0 Å². The van der Waals surface area contributed by atoms with Crippen LogP contribution in [0.3, 0.4) is 0 Å². The minimum atomic E-state index is -0.876. The number of carboxylic acid groups (broad SMARTS) is 1. The molecule has 0 aromatic heterocycles. The summed E-state index contributed by atoms with van der Waals surface area (Å²) in [6, 6.07) is 5.54. The molecule has 7 heteroatoms. The standard InChI is InChI=1S/C19H26N2O5/c1-2-4-14(19(24)25)12-20-17(22)5-3-10-26-15-7-8-16-13(11-15)6-9-18(23)21-16/h7-8,11,14H,2-6,9-10,12H2,1H3,(H,20,22)(H,21,23)(H,24,25). The number of carbonyl (C=O) groups excluding carboxylic acids is 2. The molecule has 0 radical (unpaired) electrons. The van der Waals surface area contributed by atoms with Gasteiger partial charge in [0.05, 0.1) is 12.5 Å². The highest BCUT2D eigenvalue weighted by Gasteiger charge is 2.17. The quantitative estimate of drug-likeness (QED) is 0.554. The van der Waals surface area contributed by atoms with Crippen molar-refractivity contribution in [1.29, 1.82) is 0 Å². The van der Waals surface area contributed by atoms with Gasteiger partial charge in [-0.25, -0.2) is 0 Å². The third-order valence-electron chi connectivity index (χ3n) is 4.32. The molecule has 0 saturated carbocycles. The Labute approximate surface area is 153 Å². The molecule has 1 aliphatic heterocycles. The summed E-state index contributed by atoms with van der Waals surface area (Å²) >= 11 is 0. The zero-order valence-electron chi connectivity index (χ0n) is 15.0. The van der Waals surface area contributed by atoms with E-state index in [-0.39, 0.29) is 18.4 Å². The molecule has 0 aliphatic carbocycles. The van der Waals surface area contributed by atoms with E-state index in [9.17, 15) is 14.4 Å². The highest BCUT2D eigenvalue weighted by atomic mass is 16.5. The molecule has 1 aromatic carbocycles. The van der Waals surface area contributed by atoms with Gasteiger partial charge >= 0.3 is 5.97 Å². The number of rotatable bonds is 10. The molecule has 1 heterocycles. The summed E-state index contributed by atoms with van der Waals surface area (Å²) in [4.78, 5) is 34.2. The fraction of sp³-hybridized carbons (Fsp3) is 0.526. The van der Waals surface area contributed by atoms with Crippen LogP contribution in [0.2, 0.25) is 0 Å². The first kappa shape index (κ1) is 19.8. The summed E-state index contributed by atoms with van der Waals surface area (Å²) in [6.45, 7) is 2.49. The lowest BCUT2D eigenvalue weighted by Gasteiger charge is -2.17. The molecular weight excluding hydrogens is 336 g/mol. The zero-order valence-corrected chi connectivity index (χ0v) is 15.0. The number of amides is 2. The molecule has 0 fully saturated rings. The Morgan fingerprint density at radius 1 is 1.35 bits per heavy atom. The number of aryl methyl sites for hydroxylation is 1. The van der Waals surface area contributed by atoms with Crippen molar-refractivity contribution < 1.29 is 24.2 Å². The van der Waals surface area contributed by atoms with Crippen molar-refractivity contribution in [3.05, 3.63) is 23.8 Å². The highest BCUT2D eigenvalue weighted by Crippen LogP contribution is 2.26. The fourth-order valence-electron chi connectivity index (χ4n) is 2.86. The van der Waals surface area contributed by atoms with Gasteiger partial charge in [-0.1, -0.05) is 13.3 Å². The predicted octanol–water partition coefficient (Wildman–Crippen LogP) is 2.35. The van der Waals surface area contributed by atoms with Gasteiger partial charge in [0, 0.05) is 25.1 Å². The van der Waals surface area contributed by atoms with Gasteiger partial charge in [0.15, 0.2) is 0 Å². The Balaban J connectivity index is 1.68. The van der Waals surface area contributed by atoms with Gasteiger partial charge in [-0.2, -0.15) is 0 Å². The van der Waals surface area contributed by atoms with Crippen LogP contribution in [0.15, 0.2) is 18.2 Å². The van der Waals surface area contributed by atoms with Gasteiger partial charge < -0.3 is 20.5 Å². The number of hydrogen-bond acceptors (Lipinski definition) is 4. The van der Waals surface area contributed by atoms with Gasteiger partial charge in [0.1, 0.15) is 5.75 Å². The number of aliphatic carboxylic acids is 1. The lowest BCUT2D eigenvalue weighted by molar-refractivity contribution is -0.142. The van der Waals surface area contributed by atoms with Crippen molar-refractivity contribution >= 4 is 23.5 Å². The maximum Gasteiger partial charge on any atom is 0.308 e. The van der Waals surface area contributed by atoms with Gasteiger partial charge in [-0.05, 0) is 43.0 Å². The maximum atomic E-state index is 11.8. The summed E-state index contributed by atoms with van der Waals surface area (Å²) in [6.07, 6.45) is 3.34. The van der Waals surface area contributed by atoms with Crippen molar-refractivity contribution in [1.82, 2.24) is 5.32 Å². The van der Waals surface area contributed by atoms with E-state index in [2.05, 4.69) is 10.6 Å². The Kier molecular flexibility index (Phi) is 7.44. The second-order valence-electron chi connectivity index (χ2n) is 6.45. The average Bonchev–Trinajstić information content (AvgIpc) is 2.62. The summed E-state index contributed by atoms with van der Waals surface area (Å²) in [5, 5.41) is 14.6. The smallest absolute Gasteiger partial charge is 0.308 e. The number of anilines is 1. The average molecular weight is 362 g/mol. The Morgan fingerprint density at radius 2 is 2.15 bits per heavy atom. The molecule has 2 amide bonds. The number of benzene rings is 1. The third kappa shape index (κ3) is 6.06. The Bertz CT molecular complexity index is 659. The lowest BCUT2D eigenvalue weighted by Crippen LogP contribution is -2.32. The van der Waals surface area contributed by atoms with E-state index < -0.39 is 11.9 Å². The van der Waals surface area contributed by atoms with E-state index in [1.54, 1.807) is 6.07 Å². The number of ether oxygens (including phenoxy) is 1. The third-order valence-corrected chi connectivity index (χ3v) is 4.32. The van der Waals surface area contributed by atoms with Crippen molar-refractivity contribution in [2.45, 2.75) is 45.4 Å². The van der Waals surface area contributed by atoms with Gasteiger partial charge in [-0.15, -0.1) is 0 Å². The lowest BCUT2D eigenvalue weighted by atomic mass is 10.0. The molecule has 1 aromatic rings. The number of hydrogen-bond donors (Lipinski definition) is 3.